The Morgan fingerprint density at radius 3 is 3.04 bits per heavy atom. The molecule has 3 aromatic heterocycles. The van der Waals surface area contributed by atoms with Gasteiger partial charge < -0.3 is 4.98 Å². The Morgan fingerprint density at radius 1 is 1.33 bits per heavy atom. The Hall–Kier alpha value is -2.68. The van der Waals surface area contributed by atoms with Crippen LogP contribution in [0, 0.1) is 17.2 Å². The Bertz CT molecular complexity index is 865. The molecule has 3 heterocycles. The van der Waals surface area contributed by atoms with Crippen LogP contribution in [0.4, 0.5) is 0 Å². The molecule has 1 aliphatic rings. The standard InChI is InChI=1S/C18H20N6/c19-7-5-15(9-13-3-1-2-4-13)24-12-14(10-22-24)17-11-21-23-18-16(17)6-8-20-18/h6,8,10-13,15H,1-5,9H2,(H,20,23). The van der Waals surface area contributed by atoms with Crippen molar-refractivity contribution in [3.05, 3.63) is 30.9 Å². The monoisotopic (exact) mass is 320 g/mol. The average molecular weight is 320 g/mol. The molecule has 1 aliphatic carbocycles. The minimum Gasteiger partial charge on any atom is -0.345 e. The smallest absolute Gasteiger partial charge is 0.160 e. The van der Waals surface area contributed by atoms with Crippen molar-refractivity contribution in [2.24, 2.45) is 5.92 Å². The number of nitriles is 1. The van der Waals surface area contributed by atoms with Crippen molar-refractivity contribution in [2.45, 2.75) is 44.6 Å². The summed E-state index contributed by atoms with van der Waals surface area (Å²) in [5, 5.41) is 22.9. The normalized spacial score (nSPS) is 16.5. The van der Waals surface area contributed by atoms with Crippen molar-refractivity contribution >= 4 is 11.0 Å². The summed E-state index contributed by atoms with van der Waals surface area (Å²) in [6.07, 6.45) is 14.3. The molecule has 0 aromatic carbocycles. The second-order valence-corrected chi connectivity index (χ2v) is 6.61. The first-order chi connectivity index (χ1) is 11.8. The van der Waals surface area contributed by atoms with Gasteiger partial charge in [0.05, 0.1) is 30.9 Å². The largest absolute Gasteiger partial charge is 0.345 e. The first-order valence-electron chi connectivity index (χ1n) is 8.55. The number of rotatable bonds is 5. The van der Waals surface area contributed by atoms with E-state index in [2.05, 4.69) is 26.3 Å². The molecule has 0 spiro atoms. The van der Waals surface area contributed by atoms with Gasteiger partial charge in [-0.05, 0) is 18.4 Å². The molecular weight excluding hydrogens is 300 g/mol. The maximum absolute atomic E-state index is 9.20. The lowest BCUT2D eigenvalue weighted by atomic mass is 9.97. The van der Waals surface area contributed by atoms with Crippen LogP contribution in [0.3, 0.4) is 0 Å². The van der Waals surface area contributed by atoms with Gasteiger partial charge in [0, 0.05) is 28.9 Å². The van der Waals surface area contributed by atoms with Crippen molar-refractivity contribution in [2.75, 3.05) is 0 Å². The van der Waals surface area contributed by atoms with Gasteiger partial charge in [0.2, 0.25) is 0 Å². The summed E-state index contributed by atoms with van der Waals surface area (Å²) < 4.78 is 1.97. The molecule has 3 aromatic rings. The van der Waals surface area contributed by atoms with E-state index in [0.717, 1.165) is 34.5 Å². The minimum absolute atomic E-state index is 0.156. The van der Waals surface area contributed by atoms with E-state index in [0.29, 0.717) is 6.42 Å². The SMILES string of the molecule is N#CCC(CC1CCCC1)n1cc(-c2cnnc3[nH]ccc23)cn1. The first kappa shape index (κ1) is 14.9. The van der Waals surface area contributed by atoms with Crippen LogP contribution in [-0.4, -0.2) is 25.0 Å². The predicted molar refractivity (Wildman–Crippen MR) is 91.0 cm³/mol. The number of nitrogens with one attached hydrogen (secondary N) is 1. The first-order valence-corrected chi connectivity index (χ1v) is 8.55. The summed E-state index contributed by atoms with van der Waals surface area (Å²) in [5.74, 6) is 0.731. The average Bonchev–Trinajstić information content (AvgIpc) is 3.34. The van der Waals surface area contributed by atoms with Crippen LogP contribution in [-0.2, 0) is 0 Å². The molecule has 0 amide bonds. The maximum Gasteiger partial charge on any atom is 0.160 e. The summed E-state index contributed by atoms with van der Waals surface area (Å²) in [4.78, 5) is 3.08. The number of aromatic amines is 1. The van der Waals surface area contributed by atoms with Crippen LogP contribution < -0.4 is 0 Å². The van der Waals surface area contributed by atoms with E-state index in [1.54, 1.807) is 6.20 Å². The van der Waals surface area contributed by atoms with Gasteiger partial charge in [-0.1, -0.05) is 25.7 Å². The Morgan fingerprint density at radius 2 is 2.21 bits per heavy atom. The highest BCUT2D eigenvalue weighted by Gasteiger charge is 2.22. The van der Waals surface area contributed by atoms with E-state index < -0.39 is 0 Å². The molecule has 1 N–H and O–H groups in total. The minimum atomic E-state index is 0.156. The maximum atomic E-state index is 9.20. The molecule has 1 unspecified atom stereocenters. The van der Waals surface area contributed by atoms with Gasteiger partial charge in [0.25, 0.3) is 0 Å². The van der Waals surface area contributed by atoms with Gasteiger partial charge >= 0.3 is 0 Å². The lowest BCUT2D eigenvalue weighted by Gasteiger charge is -2.18. The summed E-state index contributed by atoms with van der Waals surface area (Å²) in [6.45, 7) is 0. The Balaban J connectivity index is 1.62. The number of H-pyrrole nitrogens is 1. The van der Waals surface area contributed by atoms with Crippen LogP contribution in [0.1, 0.15) is 44.6 Å². The molecular formula is C18H20N6. The third-order valence-corrected chi connectivity index (χ3v) is 5.05. The summed E-state index contributed by atoms with van der Waals surface area (Å²) in [6, 6.07) is 4.48. The van der Waals surface area contributed by atoms with E-state index in [1.165, 1.54) is 25.7 Å². The van der Waals surface area contributed by atoms with Crippen LogP contribution >= 0.6 is 0 Å². The second-order valence-electron chi connectivity index (χ2n) is 6.61. The zero-order valence-corrected chi connectivity index (χ0v) is 13.5. The van der Waals surface area contributed by atoms with Crippen LogP contribution in [0.25, 0.3) is 22.2 Å². The fourth-order valence-electron chi connectivity index (χ4n) is 3.80. The number of aromatic nitrogens is 5. The molecule has 1 fully saturated rings. The van der Waals surface area contributed by atoms with E-state index >= 15 is 0 Å². The third-order valence-electron chi connectivity index (χ3n) is 5.05. The highest BCUT2D eigenvalue weighted by molar-refractivity contribution is 5.91. The molecule has 4 rings (SSSR count). The molecule has 6 nitrogen and oxygen atoms in total. The molecule has 6 heteroatoms. The molecule has 0 radical (unpaired) electrons. The topological polar surface area (TPSA) is 83.2 Å². The molecule has 0 aliphatic heterocycles. The fourth-order valence-corrected chi connectivity index (χ4v) is 3.80. The van der Waals surface area contributed by atoms with Gasteiger partial charge in [-0.3, -0.25) is 4.68 Å². The van der Waals surface area contributed by atoms with Crippen LogP contribution in [0.2, 0.25) is 0 Å². The summed E-state index contributed by atoms with van der Waals surface area (Å²) in [5.41, 5.74) is 2.81. The number of fused-ring (bicyclic) bond motifs is 1. The second kappa shape index (κ2) is 6.44. The molecule has 122 valence electrons. The van der Waals surface area contributed by atoms with Gasteiger partial charge in [-0.15, -0.1) is 5.10 Å². The molecule has 1 saturated carbocycles. The lowest BCUT2D eigenvalue weighted by Crippen LogP contribution is -2.13. The third kappa shape index (κ3) is 2.78. The van der Waals surface area contributed by atoms with E-state index in [9.17, 15) is 5.26 Å². The van der Waals surface area contributed by atoms with Crippen molar-refractivity contribution in [3.63, 3.8) is 0 Å². The number of nitrogens with zero attached hydrogens (tertiary/aromatic N) is 5. The lowest BCUT2D eigenvalue weighted by molar-refractivity contribution is 0.350. The van der Waals surface area contributed by atoms with Gasteiger partial charge in [0.15, 0.2) is 5.65 Å². The summed E-state index contributed by atoms with van der Waals surface area (Å²) >= 11 is 0. The highest BCUT2D eigenvalue weighted by Crippen LogP contribution is 2.34. The molecule has 0 bridgehead atoms. The number of hydrogen-bond acceptors (Lipinski definition) is 4. The van der Waals surface area contributed by atoms with Crippen LogP contribution in [0.15, 0.2) is 30.9 Å². The van der Waals surface area contributed by atoms with E-state index in [-0.39, 0.29) is 6.04 Å². The highest BCUT2D eigenvalue weighted by atomic mass is 15.3. The fraction of sp³-hybridized carbons (Fsp3) is 0.444. The predicted octanol–water partition coefficient (Wildman–Crippen LogP) is 3.86. The Kier molecular flexibility index (Phi) is 3.99. The zero-order valence-electron chi connectivity index (χ0n) is 13.5. The van der Waals surface area contributed by atoms with Crippen molar-refractivity contribution in [1.29, 1.82) is 5.26 Å². The molecule has 0 saturated heterocycles. The summed E-state index contributed by atoms with van der Waals surface area (Å²) in [7, 11) is 0. The van der Waals surface area contributed by atoms with Gasteiger partial charge in [0.1, 0.15) is 0 Å². The van der Waals surface area contributed by atoms with E-state index in [4.69, 9.17) is 0 Å². The number of hydrogen-bond donors (Lipinski definition) is 1. The van der Waals surface area contributed by atoms with Gasteiger partial charge in [-0.25, -0.2) is 0 Å². The van der Waals surface area contributed by atoms with Gasteiger partial charge in [-0.2, -0.15) is 15.5 Å². The quantitative estimate of drug-likeness (QED) is 0.774. The van der Waals surface area contributed by atoms with Crippen molar-refractivity contribution in [1.82, 2.24) is 25.0 Å². The van der Waals surface area contributed by atoms with E-state index in [1.807, 2.05) is 29.3 Å². The molecule has 1 atom stereocenters. The molecule has 24 heavy (non-hydrogen) atoms. The van der Waals surface area contributed by atoms with Crippen molar-refractivity contribution in [3.8, 4) is 17.2 Å². The van der Waals surface area contributed by atoms with Crippen LogP contribution in [0.5, 0.6) is 0 Å². The zero-order chi connectivity index (χ0) is 16.4. The Labute approximate surface area is 140 Å². The van der Waals surface area contributed by atoms with Crippen molar-refractivity contribution < 1.29 is 0 Å².